The molecule has 5 N–H and O–H groups in total. The molecule has 0 unspecified atom stereocenters. The van der Waals surface area contributed by atoms with E-state index in [2.05, 4.69) is 16.0 Å². The van der Waals surface area contributed by atoms with Crippen molar-refractivity contribution in [2.24, 2.45) is 35.3 Å². The van der Waals surface area contributed by atoms with E-state index in [1.807, 2.05) is 0 Å². The van der Waals surface area contributed by atoms with Crippen molar-refractivity contribution >= 4 is 30.1 Å². The van der Waals surface area contributed by atoms with E-state index in [0.717, 1.165) is 12.5 Å². The van der Waals surface area contributed by atoms with Crippen LogP contribution < -0.4 is 21.7 Å². The minimum absolute atomic E-state index is 0. The van der Waals surface area contributed by atoms with Crippen LogP contribution in [0.3, 0.4) is 0 Å². The Morgan fingerprint density at radius 2 is 2.00 bits per heavy atom. The van der Waals surface area contributed by atoms with Crippen LogP contribution in [0.2, 0.25) is 0 Å². The summed E-state index contributed by atoms with van der Waals surface area (Å²) in [6, 6.07) is -0.990. The molecule has 2 aliphatic carbocycles. The van der Waals surface area contributed by atoms with Gasteiger partial charge in [-0.3, -0.25) is 14.4 Å². The lowest BCUT2D eigenvalue weighted by Crippen LogP contribution is -2.53. The summed E-state index contributed by atoms with van der Waals surface area (Å²) in [5.74, 6) is 1.41. The maximum atomic E-state index is 12.8. The number of nitrogens with one attached hydrogen (secondary N) is 3. The molecule has 3 amide bonds. The van der Waals surface area contributed by atoms with Crippen LogP contribution >= 0.6 is 12.4 Å². The Kier molecular flexibility index (Phi) is 5.25. The number of halogens is 1. The third-order valence-electron chi connectivity index (χ3n) is 6.74. The van der Waals surface area contributed by atoms with E-state index < -0.39 is 11.9 Å². The lowest BCUT2D eigenvalue weighted by Gasteiger charge is -2.28. The van der Waals surface area contributed by atoms with Crippen LogP contribution in [-0.4, -0.2) is 42.9 Å². The van der Waals surface area contributed by atoms with E-state index in [0.29, 0.717) is 37.1 Å². The van der Waals surface area contributed by atoms with E-state index in [-0.39, 0.29) is 36.2 Å². The second-order valence-electron chi connectivity index (χ2n) is 7.94. The van der Waals surface area contributed by atoms with Crippen molar-refractivity contribution in [3.05, 3.63) is 0 Å². The predicted molar refractivity (Wildman–Crippen MR) is 93.7 cm³/mol. The fourth-order valence-electron chi connectivity index (χ4n) is 5.61. The Labute approximate surface area is 153 Å². The molecule has 7 atom stereocenters. The standard InChI is InChI=1S/C17H26N4O3.ClH/c18-15(22)12(6-10-3-4-19-16(10)23)21-17(24)14-13-9-2-1-8(5-9)11(13)7-20-14;/h8-14,20H,1-7H2,(H2,18,22)(H,19,23)(H,21,24);1H/t8-,9+,10+,11-,12+,13+,14+;/m1./s1. The molecule has 25 heavy (non-hydrogen) atoms. The highest BCUT2D eigenvalue weighted by atomic mass is 35.5. The van der Waals surface area contributed by atoms with E-state index in [1.165, 1.54) is 19.3 Å². The highest BCUT2D eigenvalue weighted by Gasteiger charge is 2.55. The number of primary amides is 1. The third kappa shape index (κ3) is 3.24. The van der Waals surface area contributed by atoms with Crippen LogP contribution in [-0.2, 0) is 14.4 Å². The molecule has 8 heteroatoms. The van der Waals surface area contributed by atoms with Crippen molar-refractivity contribution in [3.63, 3.8) is 0 Å². The molecule has 4 fully saturated rings. The van der Waals surface area contributed by atoms with Crippen LogP contribution in [0.4, 0.5) is 0 Å². The molecular weight excluding hydrogens is 344 g/mol. The fraction of sp³-hybridized carbons (Fsp3) is 0.824. The summed E-state index contributed by atoms with van der Waals surface area (Å²) in [4.78, 5) is 36.2. The van der Waals surface area contributed by atoms with E-state index in [4.69, 9.17) is 5.73 Å². The van der Waals surface area contributed by atoms with Gasteiger partial charge in [0.15, 0.2) is 0 Å². The van der Waals surface area contributed by atoms with Crippen molar-refractivity contribution in [3.8, 4) is 0 Å². The molecule has 2 saturated carbocycles. The van der Waals surface area contributed by atoms with Gasteiger partial charge in [-0.1, -0.05) is 0 Å². The van der Waals surface area contributed by atoms with Crippen LogP contribution in [0, 0.1) is 29.6 Å². The summed E-state index contributed by atoms with van der Waals surface area (Å²) in [6.45, 7) is 1.52. The predicted octanol–water partition coefficient (Wildman–Crippen LogP) is -0.461. The average molecular weight is 371 g/mol. The molecule has 4 rings (SSSR count). The normalized spacial score (nSPS) is 39.4. The van der Waals surface area contributed by atoms with Gasteiger partial charge in [0.25, 0.3) is 0 Å². The van der Waals surface area contributed by atoms with E-state index >= 15 is 0 Å². The molecule has 2 bridgehead atoms. The molecule has 2 heterocycles. The quantitative estimate of drug-likeness (QED) is 0.524. The van der Waals surface area contributed by atoms with Gasteiger partial charge < -0.3 is 21.7 Å². The number of hydrogen-bond acceptors (Lipinski definition) is 4. The summed E-state index contributed by atoms with van der Waals surface area (Å²) in [6.07, 6.45) is 4.75. The maximum Gasteiger partial charge on any atom is 0.240 e. The highest BCUT2D eigenvalue weighted by molar-refractivity contribution is 5.90. The molecule has 0 aromatic rings. The Bertz CT molecular complexity index is 572. The lowest BCUT2D eigenvalue weighted by atomic mass is 9.78. The maximum absolute atomic E-state index is 12.8. The molecule has 0 spiro atoms. The summed E-state index contributed by atoms with van der Waals surface area (Å²) in [5.41, 5.74) is 5.47. The molecule has 2 saturated heterocycles. The zero-order chi connectivity index (χ0) is 16.8. The zero-order valence-electron chi connectivity index (χ0n) is 14.2. The molecule has 7 nitrogen and oxygen atoms in total. The minimum atomic E-state index is -0.772. The summed E-state index contributed by atoms with van der Waals surface area (Å²) in [7, 11) is 0. The largest absolute Gasteiger partial charge is 0.368 e. The van der Waals surface area contributed by atoms with Crippen LogP contribution in [0.5, 0.6) is 0 Å². The first-order chi connectivity index (χ1) is 11.5. The van der Waals surface area contributed by atoms with E-state index in [9.17, 15) is 14.4 Å². The highest BCUT2D eigenvalue weighted by Crippen LogP contribution is 2.55. The summed E-state index contributed by atoms with van der Waals surface area (Å²) < 4.78 is 0. The number of fused-ring (bicyclic) bond motifs is 5. The first-order valence-corrected chi connectivity index (χ1v) is 9.15. The van der Waals surface area contributed by atoms with Gasteiger partial charge in [-0.25, -0.2) is 0 Å². The van der Waals surface area contributed by atoms with Gasteiger partial charge in [-0.2, -0.15) is 0 Å². The minimum Gasteiger partial charge on any atom is -0.368 e. The first kappa shape index (κ1) is 18.5. The second-order valence-corrected chi connectivity index (χ2v) is 7.94. The number of amides is 3. The number of carbonyl (C=O) groups is 3. The Morgan fingerprint density at radius 3 is 2.68 bits per heavy atom. The molecule has 2 aliphatic heterocycles. The van der Waals surface area contributed by atoms with Gasteiger partial charge in [-0.15, -0.1) is 12.4 Å². The number of nitrogens with two attached hydrogens (primary N) is 1. The molecule has 4 aliphatic rings. The van der Waals surface area contributed by atoms with Crippen molar-refractivity contribution in [2.75, 3.05) is 13.1 Å². The van der Waals surface area contributed by atoms with Gasteiger partial charge in [0, 0.05) is 12.5 Å². The molecule has 0 aromatic carbocycles. The van der Waals surface area contributed by atoms with Crippen LogP contribution in [0.25, 0.3) is 0 Å². The summed E-state index contributed by atoms with van der Waals surface area (Å²) >= 11 is 0. The van der Waals surface area contributed by atoms with Crippen LogP contribution in [0.15, 0.2) is 0 Å². The van der Waals surface area contributed by atoms with Crippen molar-refractivity contribution < 1.29 is 14.4 Å². The topological polar surface area (TPSA) is 113 Å². The zero-order valence-corrected chi connectivity index (χ0v) is 15.0. The molecule has 140 valence electrons. The van der Waals surface area contributed by atoms with Gasteiger partial charge in [-0.05, 0) is 62.3 Å². The SMILES string of the molecule is Cl.NC(=O)[C@H](C[C@@H]1CCNC1=O)NC(=O)[C@H]1NC[C@@H]2[C@@H]3CC[C@@H](C3)[C@@H]21. The Balaban J connectivity index is 0.00000182. The lowest BCUT2D eigenvalue weighted by molar-refractivity contribution is -0.130. The van der Waals surface area contributed by atoms with Crippen molar-refractivity contribution in [2.45, 2.75) is 44.2 Å². The van der Waals surface area contributed by atoms with Gasteiger partial charge in [0.05, 0.1) is 6.04 Å². The van der Waals surface area contributed by atoms with Gasteiger partial charge >= 0.3 is 0 Å². The molecular formula is C17H27ClN4O3. The number of carbonyl (C=O) groups excluding carboxylic acids is 3. The van der Waals surface area contributed by atoms with E-state index in [1.54, 1.807) is 0 Å². The number of rotatable bonds is 5. The van der Waals surface area contributed by atoms with Gasteiger partial charge in [0.2, 0.25) is 17.7 Å². The smallest absolute Gasteiger partial charge is 0.240 e. The monoisotopic (exact) mass is 370 g/mol. The van der Waals surface area contributed by atoms with Crippen LogP contribution in [0.1, 0.15) is 32.1 Å². The van der Waals surface area contributed by atoms with Crippen molar-refractivity contribution in [1.29, 1.82) is 0 Å². The third-order valence-corrected chi connectivity index (χ3v) is 6.74. The summed E-state index contributed by atoms with van der Waals surface area (Å²) in [5, 5.41) is 8.94. The fourth-order valence-corrected chi connectivity index (χ4v) is 5.61. The average Bonchev–Trinajstić information content (AvgIpc) is 3.28. The second kappa shape index (κ2) is 7.11. The Hall–Kier alpha value is -1.34. The Morgan fingerprint density at radius 1 is 1.24 bits per heavy atom. The number of hydrogen-bond donors (Lipinski definition) is 4. The van der Waals surface area contributed by atoms with Crippen molar-refractivity contribution in [1.82, 2.24) is 16.0 Å². The molecule has 0 radical (unpaired) electrons. The first-order valence-electron chi connectivity index (χ1n) is 9.15. The van der Waals surface area contributed by atoms with Gasteiger partial charge in [0.1, 0.15) is 6.04 Å². The molecule has 0 aromatic heterocycles.